The van der Waals surface area contributed by atoms with Gasteiger partial charge in [0.25, 0.3) is 0 Å². The Hall–Kier alpha value is -1.22. The van der Waals surface area contributed by atoms with Gasteiger partial charge in [0.1, 0.15) is 5.54 Å². The van der Waals surface area contributed by atoms with Gasteiger partial charge in [-0.3, -0.25) is 14.4 Å². The number of nitrogens with zero attached hydrogens (tertiary/aromatic N) is 2. The summed E-state index contributed by atoms with van der Waals surface area (Å²) in [6.45, 7) is 4.99. The predicted octanol–water partition coefficient (Wildman–Crippen LogP) is 1.08. The second-order valence-corrected chi connectivity index (χ2v) is 6.73. The standard InChI is InChI=1S/C15H21N3OS/c1-2-17-15(12-16,14-6-4-3-5-7-14)13-18-8-10-20(19)11-9-18/h3-7,17H,2,8-11,13H2,1H3. The highest BCUT2D eigenvalue weighted by Crippen LogP contribution is 2.22. The maximum Gasteiger partial charge on any atom is 0.145 e. The molecular formula is C15H21N3OS. The maximum absolute atomic E-state index is 11.4. The number of benzene rings is 1. The lowest BCUT2D eigenvalue weighted by molar-refractivity contribution is 0.228. The van der Waals surface area contributed by atoms with Crippen molar-refractivity contribution in [3.8, 4) is 6.07 Å². The van der Waals surface area contributed by atoms with Gasteiger partial charge in [0.2, 0.25) is 0 Å². The Morgan fingerprint density at radius 3 is 2.55 bits per heavy atom. The highest BCUT2D eigenvalue weighted by atomic mass is 32.2. The summed E-state index contributed by atoms with van der Waals surface area (Å²) >= 11 is 0. The lowest BCUT2D eigenvalue weighted by Crippen LogP contribution is -2.52. The van der Waals surface area contributed by atoms with E-state index in [4.69, 9.17) is 0 Å². The summed E-state index contributed by atoms with van der Waals surface area (Å²) in [4.78, 5) is 2.24. The minimum Gasteiger partial charge on any atom is -0.298 e. The summed E-state index contributed by atoms with van der Waals surface area (Å²) in [6.07, 6.45) is 0. The van der Waals surface area contributed by atoms with Crippen molar-refractivity contribution in [2.24, 2.45) is 0 Å². The van der Waals surface area contributed by atoms with Gasteiger partial charge in [-0.25, -0.2) is 0 Å². The van der Waals surface area contributed by atoms with Gasteiger partial charge in [-0.1, -0.05) is 37.3 Å². The maximum atomic E-state index is 11.4. The van der Waals surface area contributed by atoms with Crippen LogP contribution in [0.3, 0.4) is 0 Å². The highest BCUT2D eigenvalue weighted by Gasteiger charge is 2.34. The molecular weight excluding hydrogens is 270 g/mol. The fourth-order valence-electron chi connectivity index (χ4n) is 2.58. The molecule has 4 nitrogen and oxygen atoms in total. The normalized spacial score (nSPS) is 20.2. The molecule has 1 aliphatic rings. The number of rotatable bonds is 5. The Labute approximate surface area is 123 Å². The molecule has 1 aromatic carbocycles. The lowest BCUT2D eigenvalue weighted by Gasteiger charge is -2.35. The summed E-state index contributed by atoms with van der Waals surface area (Å²) in [5.74, 6) is 1.42. The first kappa shape index (κ1) is 15.2. The van der Waals surface area contributed by atoms with Crippen LogP contribution in [0.1, 0.15) is 12.5 Å². The van der Waals surface area contributed by atoms with E-state index in [1.165, 1.54) is 0 Å². The van der Waals surface area contributed by atoms with Crippen LogP contribution in [0.25, 0.3) is 0 Å². The topological polar surface area (TPSA) is 56.1 Å². The second-order valence-electron chi connectivity index (χ2n) is 5.04. The van der Waals surface area contributed by atoms with E-state index in [1.54, 1.807) is 0 Å². The molecule has 1 saturated heterocycles. The third kappa shape index (κ3) is 3.45. The van der Waals surface area contributed by atoms with Crippen LogP contribution >= 0.6 is 0 Å². The third-order valence-corrected chi connectivity index (χ3v) is 4.94. The van der Waals surface area contributed by atoms with Gasteiger partial charge in [0.15, 0.2) is 0 Å². The van der Waals surface area contributed by atoms with Crippen LogP contribution in [-0.4, -0.2) is 46.8 Å². The van der Waals surface area contributed by atoms with Crippen molar-refractivity contribution < 1.29 is 4.21 Å². The molecule has 0 amide bonds. The van der Waals surface area contributed by atoms with Crippen molar-refractivity contribution >= 4 is 10.8 Å². The first-order valence-corrected chi connectivity index (χ1v) is 8.48. The number of hydrogen-bond donors (Lipinski definition) is 1. The van der Waals surface area contributed by atoms with Crippen LogP contribution in [0.4, 0.5) is 0 Å². The summed E-state index contributed by atoms with van der Waals surface area (Å²) < 4.78 is 11.4. The molecule has 1 fully saturated rings. The van der Waals surface area contributed by atoms with Crippen molar-refractivity contribution in [2.75, 3.05) is 37.7 Å². The van der Waals surface area contributed by atoms with E-state index < -0.39 is 16.3 Å². The number of nitriles is 1. The van der Waals surface area contributed by atoms with Crippen molar-refractivity contribution in [1.82, 2.24) is 10.2 Å². The molecule has 1 N–H and O–H groups in total. The largest absolute Gasteiger partial charge is 0.298 e. The Kier molecular flexibility index (Phi) is 5.30. The SMILES string of the molecule is CCNC(C#N)(CN1CCS(=O)CC1)c1ccccc1. The molecule has 2 rings (SSSR count). The van der Waals surface area contributed by atoms with E-state index in [-0.39, 0.29) is 0 Å². The van der Waals surface area contributed by atoms with Gasteiger partial charge in [0, 0.05) is 41.9 Å². The summed E-state index contributed by atoms with van der Waals surface area (Å²) in [6, 6.07) is 12.3. The third-order valence-electron chi connectivity index (χ3n) is 3.67. The van der Waals surface area contributed by atoms with Gasteiger partial charge in [0.05, 0.1) is 6.07 Å². The Morgan fingerprint density at radius 1 is 1.35 bits per heavy atom. The molecule has 0 radical (unpaired) electrons. The molecule has 20 heavy (non-hydrogen) atoms. The zero-order chi connectivity index (χ0) is 14.4. The Balaban J connectivity index is 2.19. The van der Waals surface area contributed by atoms with Crippen LogP contribution in [0.15, 0.2) is 30.3 Å². The second kappa shape index (κ2) is 6.98. The van der Waals surface area contributed by atoms with E-state index >= 15 is 0 Å². The highest BCUT2D eigenvalue weighted by molar-refractivity contribution is 7.85. The number of likely N-dealkylation sites (N-methyl/N-ethyl adjacent to an activating group) is 1. The van der Waals surface area contributed by atoms with Crippen molar-refractivity contribution in [3.63, 3.8) is 0 Å². The number of hydrogen-bond acceptors (Lipinski definition) is 4. The van der Waals surface area contributed by atoms with Crippen LogP contribution in [0.5, 0.6) is 0 Å². The quantitative estimate of drug-likeness (QED) is 0.882. The van der Waals surface area contributed by atoms with Crippen molar-refractivity contribution in [1.29, 1.82) is 5.26 Å². The van der Waals surface area contributed by atoms with Crippen LogP contribution in [-0.2, 0) is 16.3 Å². The minimum atomic E-state index is -0.686. The summed E-state index contributed by atoms with van der Waals surface area (Å²) in [5, 5.41) is 13.1. The average Bonchev–Trinajstić information content (AvgIpc) is 2.50. The average molecular weight is 291 g/mol. The first-order valence-electron chi connectivity index (χ1n) is 6.99. The molecule has 5 heteroatoms. The molecule has 1 heterocycles. The van der Waals surface area contributed by atoms with Crippen LogP contribution < -0.4 is 5.32 Å². The monoisotopic (exact) mass is 291 g/mol. The molecule has 0 saturated carbocycles. The number of nitrogens with one attached hydrogen (secondary N) is 1. The van der Waals surface area contributed by atoms with Crippen LogP contribution in [0, 0.1) is 11.3 Å². The van der Waals surface area contributed by atoms with E-state index in [1.807, 2.05) is 37.3 Å². The van der Waals surface area contributed by atoms with Gasteiger partial charge in [-0.15, -0.1) is 0 Å². The van der Waals surface area contributed by atoms with E-state index in [2.05, 4.69) is 16.3 Å². The minimum absolute atomic E-state index is 0.637. The van der Waals surface area contributed by atoms with Crippen LogP contribution in [0.2, 0.25) is 0 Å². The van der Waals surface area contributed by atoms with E-state index in [0.717, 1.165) is 25.2 Å². The fourth-order valence-corrected chi connectivity index (χ4v) is 3.71. The van der Waals surface area contributed by atoms with Gasteiger partial charge in [-0.05, 0) is 12.1 Å². The lowest BCUT2D eigenvalue weighted by atomic mass is 9.90. The molecule has 0 spiro atoms. The molecule has 0 aliphatic carbocycles. The smallest absolute Gasteiger partial charge is 0.145 e. The van der Waals surface area contributed by atoms with E-state index in [9.17, 15) is 9.47 Å². The van der Waals surface area contributed by atoms with Gasteiger partial charge in [-0.2, -0.15) is 5.26 Å². The summed E-state index contributed by atoms with van der Waals surface area (Å²) in [5.41, 5.74) is 0.311. The van der Waals surface area contributed by atoms with Crippen molar-refractivity contribution in [2.45, 2.75) is 12.5 Å². The molecule has 108 valence electrons. The molecule has 1 aliphatic heterocycles. The van der Waals surface area contributed by atoms with E-state index in [0.29, 0.717) is 18.1 Å². The zero-order valence-corrected chi connectivity index (χ0v) is 12.7. The first-order chi connectivity index (χ1) is 9.70. The zero-order valence-electron chi connectivity index (χ0n) is 11.8. The van der Waals surface area contributed by atoms with Gasteiger partial charge >= 0.3 is 0 Å². The molecule has 1 unspecified atom stereocenters. The Morgan fingerprint density at radius 2 is 2.00 bits per heavy atom. The summed E-state index contributed by atoms with van der Waals surface area (Å²) in [7, 11) is -0.684. The fraction of sp³-hybridized carbons (Fsp3) is 0.533. The van der Waals surface area contributed by atoms with Gasteiger partial charge < -0.3 is 0 Å². The molecule has 0 bridgehead atoms. The molecule has 1 aromatic rings. The van der Waals surface area contributed by atoms with Crippen molar-refractivity contribution in [3.05, 3.63) is 35.9 Å². The predicted molar refractivity (Wildman–Crippen MR) is 81.7 cm³/mol. The molecule has 1 atom stereocenters. The Bertz CT molecular complexity index is 490. The molecule has 0 aromatic heterocycles.